The van der Waals surface area contributed by atoms with Crippen LogP contribution in [0.4, 0.5) is 5.82 Å². The number of nitrogens with zero attached hydrogens (tertiary/aromatic N) is 2. The van der Waals surface area contributed by atoms with Crippen molar-refractivity contribution in [1.82, 2.24) is 9.97 Å². The lowest BCUT2D eigenvalue weighted by Gasteiger charge is -2.06. The maximum absolute atomic E-state index is 11.4. The largest absolute Gasteiger partial charge is 0.368 e. The Morgan fingerprint density at radius 2 is 2.28 bits per heavy atom. The Balaban J connectivity index is 2.19. The van der Waals surface area contributed by atoms with Gasteiger partial charge in [-0.2, -0.15) is 0 Å². The number of rotatable bonds is 5. The molecule has 1 unspecified atom stereocenters. The Kier molecular flexibility index (Phi) is 4.53. The van der Waals surface area contributed by atoms with Crippen LogP contribution in [0.3, 0.4) is 0 Å². The standard InChI is InChI=1S/C11H14ClN3OS2/c1-3-18(16)5-4-13-9-8-6-7(2)17-10(8)15-11(12)14-9/h6H,3-5H2,1-2H3,(H,13,14,15). The average Bonchev–Trinajstić information content (AvgIpc) is 2.69. The molecule has 0 aromatic carbocycles. The summed E-state index contributed by atoms with van der Waals surface area (Å²) in [7, 11) is -0.771. The molecule has 2 aromatic heterocycles. The molecule has 2 aromatic rings. The van der Waals surface area contributed by atoms with Crippen LogP contribution in [0.1, 0.15) is 11.8 Å². The first kappa shape index (κ1) is 13.7. The third-order valence-corrected chi connectivity index (χ3v) is 4.85. The van der Waals surface area contributed by atoms with Crippen molar-refractivity contribution in [3.63, 3.8) is 0 Å². The zero-order valence-corrected chi connectivity index (χ0v) is 12.6. The predicted octanol–water partition coefficient (Wildman–Crippen LogP) is 2.83. The number of thiophene rings is 1. The van der Waals surface area contributed by atoms with Crippen molar-refractivity contribution in [2.45, 2.75) is 13.8 Å². The number of aromatic nitrogens is 2. The zero-order valence-electron chi connectivity index (χ0n) is 10.2. The summed E-state index contributed by atoms with van der Waals surface area (Å²) in [6, 6.07) is 2.04. The van der Waals surface area contributed by atoms with E-state index in [1.54, 1.807) is 11.3 Å². The molecule has 0 bridgehead atoms. The van der Waals surface area contributed by atoms with E-state index in [0.29, 0.717) is 18.1 Å². The summed E-state index contributed by atoms with van der Waals surface area (Å²) in [6.07, 6.45) is 0. The van der Waals surface area contributed by atoms with E-state index in [-0.39, 0.29) is 5.28 Å². The van der Waals surface area contributed by atoms with E-state index in [4.69, 9.17) is 11.6 Å². The van der Waals surface area contributed by atoms with E-state index in [1.807, 2.05) is 19.9 Å². The fourth-order valence-corrected chi connectivity index (χ4v) is 3.30. The number of aryl methyl sites for hydroxylation is 1. The number of hydrogen-bond donors (Lipinski definition) is 1. The van der Waals surface area contributed by atoms with Crippen LogP contribution in [-0.2, 0) is 10.8 Å². The quantitative estimate of drug-likeness (QED) is 0.863. The number of anilines is 1. The van der Waals surface area contributed by atoms with Crippen LogP contribution in [0.2, 0.25) is 5.28 Å². The van der Waals surface area contributed by atoms with Crippen molar-refractivity contribution in [1.29, 1.82) is 0 Å². The molecule has 0 radical (unpaired) electrons. The van der Waals surface area contributed by atoms with E-state index >= 15 is 0 Å². The molecular weight excluding hydrogens is 290 g/mol. The van der Waals surface area contributed by atoms with Crippen molar-refractivity contribution in [3.8, 4) is 0 Å². The van der Waals surface area contributed by atoms with Gasteiger partial charge in [0.1, 0.15) is 10.6 Å². The van der Waals surface area contributed by atoms with Gasteiger partial charge in [-0.25, -0.2) is 9.97 Å². The van der Waals surface area contributed by atoms with Gasteiger partial charge in [-0.1, -0.05) is 6.92 Å². The number of hydrogen-bond acceptors (Lipinski definition) is 5. The predicted molar refractivity (Wildman–Crippen MR) is 79.2 cm³/mol. The Labute approximate surface area is 117 Å². The van der Waals surface area contributed by atoms with Gasteiger partial charge in [0.15, 0.2) is 0 Å². The van der Waals surface area contributed by atoms with E-state index in [0.717, 1.165) is 16.0 Å². The van der Waals surface area contributed by atoms with Gasteiger partial charge in [-0.15, -0.1) is 11.3 Å². The average molecular weight is 304 g/mol. The molecule has 0 aliphatic rings. The maximum Gasteiger partial charge on any atom is 0.225 e. The summed E-state index contributed by atoms with van der Waals surface area (Å²) >= 11 is 7.48. The van der Waals surface area contributed by atoms with Gasteiger partial charge in [0.05, 0.1) is 5.39 Å². The Hall–Kier alpha value is -0.720. The minimum Gasteiger partial charge on any atom is -0.368 e. The van der Waals surface area contributed by atoms with Gasteiger partial charge in [-0.05, 0) is 24.6 Å². The molecule has 98 valence electrons. The minimum absolute atomic E-state index is 0.239. The first-order valence-corrected chi connectivity index (χ1v) is 8.31. The molecule has 0 amide bonds. The molecule has 7 heteroatoms. The lowest BCUT2D eigenvalue weighted by molar-refractivity contribution is 0.684. The number of fused-ring (bicyclic) bond motifs is 1. The zero-order chi connectivity index (χ0) is 13.1. The molecule has 0 fully saturated rings. The summed E-state index contributed by atoms with van der Waals surface area (Å²) in [5.41, 5.74) is 0. The molecule has 0 aliphatic heterocycles. The second-order valence-electron chi connectivity index (χ2n) is 3.78. The summed E-state index contributed by atoms with van der Waals surface area (Å²) in [5.74, 6) is 2.02. The van der Waals surface area contributed by atoms with E-state index in [2.05, 4.69) is 15.3 Å². The second-order valence-corrected chi connectivity index (χ2v) is 7.21. The van der Waals surface area contributed by atoms with Crippen molar-refractivity contribution < 1.29 is 4.21 Å². The normalized spacial score (nSPS) is 12.8. The molecule has 0 saturated heterocycles. The third-order valence-electron chi connectivity index (χ3n) is 2.43. The Morgan fingerprint density at radius 3 is 3.00 bits per heavy atom. The molecule has 2 heterocycles. The molecule has 1 atom stereocenters. The van der Waals surface area contributed by atoms with Crippen LogP contribution in [0.15, 0.2) is 6.07 Å². The van der Waals surface area contributed by atoms with Gasteiger partial charge in [0, 0.05) is 33.7 Å². The molecule has 18 heavy (non-hydrogen) atoms. The summed E-state index contributed by atoms with van der Waals surface area (Å²) in [5, 5.41) is 4.40. The van der Waals surface area contributed by atoms with E-state index in [9.17, 15) is 4.21 Å². The number of halogens is 1. The molecule has 1 N–H and O–H groups in total. The molecule has 2 rings (SSSR count). The van der Waals surface area contributed by atoms with E-state index < -0.39 is 10.8 Å². The van der Waals surface area contributed by atoms with Crippen molar-refractivity contribution in [2.24, 2.45) is 0 Å². The highest BCUT2D eigenvalue weighted by molar-refractivity contribution is 7.84. The third kappa shape index (κ3) is 3.18. The fraction of sp³-hybridized carbons (Fsp3) is 0.455. The minimum atomic E-state index is -0.771. The SMILES string of the molecule is CCS(=O)CCNc1nc(Cl)nc2sc(C)cc12. The van der Waals surface area contributed by atoms with Gasteiger partial charge >= 0.3 is 0 Å². The van der Waals surface area contributed by atoms with Crippen molar-refractivity contribution in [3.05, 3.63) is 16.2 Å². The summed E-state index contributed by atoms with van der Waals surface area (Å²) < 4.78 is 11.4. The molecular formula is C11H14ClN3OS2. The Morgan fingerprint density at radius 1 is 1.50 bits per heavy atom. The molecule has 0 aliphatic carbocycles. The molecule has 4 nitrogen and oxygen atoms in total. The lowest BCUT2D eigenvalue weighted by atomic mass is 10.3. The van der Waals surface area contributed by atoms with Gasteiger partial charge in [0.25, 0.3) is 0 Å². The van der Waals surface area contributed by atoms with Crippen LogP contribution in [0.25, 0.3) is 10.2 Å². The van der Waals surface area contributed by atoms with Crippen LogP contribution < -0.4 is 5.32 Å². The van der Waals surface area contributed by atoms with Crippen LogP contribution in [0, 0.1) is 6.92 Å². The van der Waals surface area contributed by atoms with Gasteiger partial charge < -0.3 is 5.32 Å². The Bertz CT molecular complexity index is 585. The van der Waals surface area contributed by atoms with Crippen LogP contribution in [-0.4, -0.2) is 32.2 Å². The highest BCUT2D eigenvalue weighted by Gasteiger charge is 2.09. The van der Waals surface area contributed by atoms with Crippen LogP contribution >= 0.6 is 22.9 Å². The highest BCUT2D eigenvalue weighted by atomic mass is 35.5. The maximum atomic E-state index is 11.4. The first-order valence-electron chi connectivity index (χ1n) is 5.62. The van der Waals surface area contributed by atoms with Crippen molar-refractivity contribution >= 4 is 49.8 Å². The van der Waals surface area contributed by atoms with Gasteiger partial charge in [-0.3, -0.25) is 4.21 Å². The highest BCUT2D eigenvalue weighted by Crippen LogP contribution is 2.29. The summed E-state index contributed by atoms with van der Waals surface area (Å²) in [6.45, 7) is 4.56. The van der Waals surface area contributed by atoms with E-state index in [1.165, 1.54) is 4.88 Å². The van der Waals surface area contributed by atoms with Crippen LogP contribution in [0.5, 0.6) is 0 Å². The van der Waals surface area contributed by atoms with Gasteiger partial charge in [0.2, 0.25) is 5.28 Å². The topological polar surface area (TPSA) is 54.9 Å². The molecule has 0 saturated carbocycles. The second kappa shape index (κ2) is 5.95. The number of nitrogens with one attached hydrogen (secondary N) is 1. The monoisotopic (exact) mass is 303 g/mol. The van der Waals surface area contributed by atoms with Crippen molar-refractivity contribution in [2.75, 3.05) is 23.4 Å². The lowest BCUT2D eigenvalue weighted by Crippen LogP contribution is -2.13. The first-order chi connectivity index (χ1) is 8.60. The summed E-state index contributed by atoms with van der Waals surface area (Å²) in [4.78, 5) is 10.4. The fourth-order valence-electron chi connectivity index (χ4n) is 1.58. The molecule has 0 spiro atoms. The smallest absolute Gasteiger partial charge is 0.225 e.